The zero-order chi connectivity index (χ0) is 19.2. The molecule has 1 heterocycles. The first kappa shape index (κ1) is 18.8. The van der Waals surface area contributed by atoms with Crippen molar-refractivity contribution in [2.45, 2.75) is 6.42 Å². The van der Waals surface area contributed by atoms with E-state index in [1.165, 1.54) is 0 Å². The van der Waals surface area contributed by atoms with Gasteiger partial charge in [0.1, 0.15) is 11.5 Å². The molecule has 3 aromatic rings. The summed E-state index contributed by atoms with van der Waals surface area (Å²) in [6.07, 6.45) is 0.546. The predicted molar refractivity (Wildman–Crippen MR) is 103 cm³/mol. The second-order valence-electron chi connectivity index (χ2n) is 5.80. The Bertz CT molecular complexity index is 900. The molecule has 1 amide bonds. The van der Waals surface area contributed by atoms with Crippen molar-refractivity contribution in [3.8, 4) is 22.8 Å². The molecule has 0 bridgehead atoms. The minimum absolute atomic E-state index is 0.214. The Morgan fingerprint density at radius 1 is 1.07 bits per heavy atom. The van der Waals surface area contributed by atoms with E-state index in [2.05, 4.69) is 10.5 Å². The van der Waals surface area contributed by atoms with Gasteiger partial charge in [0.15, 0.2) is 5.76 Å². The number of nitrogens with zero attached hydrogens (tertiary/aromatic N) is 1. The molecule has 0 atom stereocenters. The first-order valence-electron chi connectivity index (χ1n) is 8.32. The average Bonchev–Trinajstić information content (AvgIpc) is 3.16. The third kappa shape index (κ3) is 4.80. The molecule has 7 heteroatoms. The van der Waals surface area contributed by atoms with E-state index in [1.807, 2.05) is 18.2 Å². The van der Waals surface area contributed by atoms with Gasteiger partial charge in [-0.2, -0.15) is 0 Å². The van der Waals surface area contributed by atoms with Crippen LogP contribution in [-0.2, 0) is 6.42 Å². The van der Waals surface area contributed by atoms with Gasteiger partial charge in [0, 0.05) is 41.2 Å². The van der Waals surface area contributed by atoms with Crippen molar-refractivity contribution in [2.75, 3.05) is 20.8 Å². The summed E-state index contributed by atoms with van der Waals surface area (Å²) in [6.45, 7) is 0.422. The van der Waals surface area contributed by atoms with Gasteiger partial charge >= 0.3 is 0 Å². The number of amides is 1. The van der Waals surface area contributed by atoms with Gasteiger partial charge < -0.3 is 19.3 Å². The van der Waals surface area contributed by atoms with Crippen molar-refractivity contribution >= 4 is 17.5 Å². The van der Waals surface area contributed by atoms with Crippen LogP contribution in [0.25, 0.3) is 11.3 Å². The number of hydrogen-bond donors (Lipinski definition) is 1. The van der Waals surface area contributed by atoms with Crippen LogP contribution in [0.4, 0.5) is 0 Å². The van der Waals surface area contributed by atoms with Crippen molar-refractivity contribution in [2.24, 2.45) is 0 Å². The molecule has 0 aliphatic rings. The lowest BCUT2D eigenvalue weighted by molar-refractivity contribution is 0.0953. The van der Waals surface area contributed by atoms with Crippen LogP contribution >= 0.6 is 11.6 Å². The third-order valence-corrected chi connectivity index (χ3v) is 4.22. The van der Waals surface area contributed by atoms with E-state index >= 15 is 0 Å². The molecule has 0 saturated heterocycles. The lowest BCUT2D eigenvalue weighted by atomic mass is 10.1. The van der Waals surface area contributed by atoms with Gasteiger partial charge in [0.25, 0.3) is 5.91 Å². The van der Waals surface area contributed by atoms with E-state index in [0.29, 0.717) is 40.8 Å². The first-order chi connectivity index (χ1) is 13.1. The molecule has 3 rings (SSSR count). The topological polar surface area (TPSA) is 73.6 Å². The van der Waals surface area contributed by atoms with Gasteiger partial charge in [0.2, 0.25) is 0 Å². The predicted octanol–water partition coefficient (Wildman–Crippen LogP) is 3.98. The van der Waals surface area contributed by atoms with Crippen molar-refractivity contribution in [3.05, 3.63) is 64.8 Å². The summed E-state index contributed by atoms with van der Waals surface area (Å²) in [5, 5.41) is 7.56. The number of rotatable bonds is 7. The summed E-state index contributed by atoms with van der Waals surface area (Å²) < 4.78 is 15.7. The highest BCUT2D eigenvalue weighted by Gasteiger charge is 2.11. The molecular weight excluding hydrogens is 368 g/mol. The standard InChI is InChI=1S/C20H19ClN2O4/c1-25-17-9-14(10-18(12-17)26-2)20(24)22-8-7-16-11-19(27-23-16)13-3-5-15(21)6-4-13/h3-6,9-12H,7-8H2,1-2H3,(H,22,24). The minimum atomic E-state index is -0.214. The van der Waals surface area contributed by atoms with Gasteiger partial charge in [0.05, 0.1) is 19.9 Å². The highest BCUT2D eigenvalue weighted by atomic mass is 35.5. The van der Waals surface area contributed by atoms with E-state index in [-0.39, 0.29) is 5.91 Å². The van der Waals surface area contributed by atoms with Crippen LogP contribution in [0.5, 0.6) is 11.5 Å². The molecule has 0 aliphatic heterocycles. The van der Waals surface area contributed by atoms with Gasteiger partial charge in [-0.25, -0.2) is 0 Å². The van der Waals surface area contributed by atoms with Crippen molar-refractivity contribution < 1.29 is 18.8 Å². The van der Waals surface area contributed by atoms with E-state index < -0.39 is 0 Å². The number of carbonyl (C=O) groups is 1. The average molecular weight is 387 g/mol. The molecule has 2 aromatic carbocycles. The second-order valence-corrected chi connectivity index (χ2v) is 6.23. The molecule has 0 saturated carbocycles. The Labute approximate surface area is 162 Å². The number of nitrogens with one attached hydrogen (secondary N) is 1. The SMILES string of the molecule is COc1cc(OC)cc(C(=O)NCCc2cc(-c3ccc(Cl)cc3)on2)c1. The largest absolute Gasteiger partial charge is 0.497 e. The number of aromatic nitrogens is 1. The van der Waals surface area contributed by atoms with Crippen LogP contribution in [0.3, 0.4) is 0 Å². The number of carbonyl (C=O) groups excluding carboxylic acids is 1. The summed E-state index contributed by atoms with van der Waals surface area (Å²) in [4.78, 5) is 12.4. The molecule has 0 spiro atoms. The fourth-order valence-corrected chi connectivity index (χ4v) is 2.65. The molecule has 0 radical (unpaired) electrons. The van der Waals surface area contributed by atoms with Gasteiger partial charge in [-0.3, -0.25) is 4.79 Å². The maximum Gasteiger partial charge on any atom is 0.251 e. The minimum Gasteiger partial charge on any atom is -0.497 e. The fourth-order valence-electron chi connectivity index (χ4n) is 2.52. The van der Waals surface area contributed by atoms with E-state index in [9.17, 15) is 4.79 Å². The van der Waals surface area contributed by atoms with E-state index in [4.69, 9.17) is 25.6 Å². The highest BCUT2D eigenvalue weighted by Crippen LogP contribution is 2.23. The zero-order valence-electron chi connectivity index (χ0n) is 15.0. The van der Waals surface area contributed by atoms with E-state index in [0.717, 1.165) is 11.3 Å². The molecule has 0 aliphatic carbocycles. The summed E-state index contributed by atoms with van der Waals surface area (Å²) in [7, 11) is 3.08. The normalized spacial score (nSPS) is 10.5. The number of halogens is 1. The lowest BCUT2D eigenvalue weighted by Gasteiger charge is -2.08. The molecule has 6 nitrogen and oxygen atoms in total. The molecule has 140 valence electrons. The number of hydrogen-bond acceptors (Lipinski definition) is 5. The maximum absolute atomic E-state index is 12.4. The van der Waals surface area contributed by atoms with Crippen molar-refractivity contribution in [1.29, 1.82) is 0 Å². The van der Waals surface area contributed by atoms with Gasteiger partial charge in [-0.05, 0) is 36.4 Å². The molecule has 0 unspecified atom stereocenters. The van der Waals surface area contributed by atoms with Crippen LogP contribution in [0.2, 0.25) is 5.02 Å². The summed E-state index contributed by atoms with van der Waals surface area (Å²) >= 11 is 5.89. The third-order valence-electron chi connectivity index (χ3n) is 3.97. The number of methoxy groups -OCH3 is 2. The number of ether oxygens (including phenoxy) is 2. The molecule has 27 heavy (non-hydrogen) atoms. The maximum atomic E-state index is 12.4. The fraction of sp³-hybridized carbons (Fsp3) is 0.200. The van der Waals surface area contributed by atoms with Crippen LogP contribution in [-0.4, -0.2) is 31.8 Å². The highest BCUT2D eigenvalue weighted by molar-refractivity contribution is 6.30. The Morgan fingerprint density at radius 2 is 1.74 bits per heavy atom. The lowest BCUT2D eigenvalue weighted by Crippen LogP contribution is -2.25. The summed E-state index contributed by atoms with van der Waals surface area (Å²) in [5.74, 6) is 1.56. The van der Waals surface area contributed by atoms with Crippen molar-refractivity contribution in [3.63, 3.8) is 0 Å². The molecule has 1 N–H and O–H groups in total. The first-order valence-corrected chi connectivity index (χ1v) is 8.69. The quantitative estimate of drug-likeness (QED) is 0.664. The second kappa shape index (κ2) is 8.60. The Hall–Kier alpha value is -2.99. The van der Waals surface area contributed by atoms with Crippen LogP contribution in [0.1, 0.15) is 16.1 Å². The molecular formula is C20H19ClN2O4. The molecule has 1 aromatic heterocycles. The Morgan fingerprint density at radius 3 is 2.37 bits per heavy atom. The van der Waals surface area contributed by atoms with Gasteiger partial charge in [-0.15, -0.1) is 0 Å². The smallest absolute Gasteiger partial charge is 0.251 e. The Kier molecular flexibility index (Phi) is 5.98. The van der Waals surface area contributed by atoms with Crippen LogP contribution in [0.15, 0.2) is 53.1 Å². The van der Waals surface area contributed by atoms with Gasteiger partial charge in [-0.1, -0.05) is 16.8 Å². The molecule has 0 fully saturated rings. The number of benzene rings is 2. The zero-order valence-corrected chi connectivity index (χ0v) is 15.7. The van der Waals surface area contributed by atoms with Crippen LogP contribution < -0.4 is 14.8 Å². The van der Waals surface area contributed by atoms with Crippen LogP contribution in [0, 0.1) is 0 Å². The summed E-state index contributed by atoms with van der Waals surface area (Å²) in [5.41, 5.74) is 2.11. The Balaban J connectivity index is 1.58. The van der Waals surface area contributed by atoms with Crippen molar-refractivity contribution in [1.82, 2.24) is 10.5 Å². The van der Waals surface area contributed by atoms with E-state index in [1.54, 1.807) is 44.6 Å². The summed E-state index contributed by atoms with van der Waals surface area (Å²) in [6, 6.07) is 14.2. The monoisotopic (exact) mass is 386 g/mol.